The smallest absolute Gasteiger partial charge is 0.0542 e. The monoisotopic (exact) mass is 336 g/mol. The molecule has 0 spiro atoms. The number of benzene rings is 3. The van der Waals surface area contributed by atoms with Gasteiger partial charge in [-0.1, -0.05) is 61.7 Å². The molecule has 0 fully saturated rings. The molecule has 3 aromatic carbocycles. The summed E-state index contributed by atoms with van der Waals surface area (Å²) in [6.45, 7) is 7.98. The average Bonchev–Trinajstić information content (AvgIpc) is 3.01. The van der Waals surface area contributed by atoms with Gasteiger partial charge in [0.25, 0.3) is 0 Å². The standard InChI is InChI=1S/C24H20N2/c1-3-4-10-18(2)26-23-14-9-8-13-21(23)22-17-20(15-16-24(22)26)25-19-11-6-5-7-12-19/h3-17,25H,1-2H2/b10-4-. The SMILES string of the molecule is C=C/C=C\C(=C)n1c2ccccc2c2cc(Nc3ccccc3)ccc21. The second kappa shape index (κ2) is 6.77. The van der Waals surface area contributed by atoms with Crippen LogP contribution in [0.2, 0.25) is 0 Å². The van der Waals surface area contributed by atoms with E-state index in [2.05, 4.69) is 77.6 Å². The van der Waals surface area contributed by atoms with E-state index >= 15 is 0 Å². The van der Waals surface area contributed by atoms with Crippen molar-refractivity contribution in [3.63, 3.8) is 0 Å². The van der Waals surface area contributed by atoms with Crippen molar-refractivity contribution in [3.05, 3.63) is 104 Å². The highest BCUT2D eigenvalue weighted by molar-refractivity contribution is 6.11. The first-order chi connectivity index (χ1) is 12.8. The van der Waals surface area contributed by atoms with Crippen LogP contribution in [0.1, 0.15) is 0 Å². The van der Waals surface area contributed by atoms with Gasteiger partial charge >= 0.3 is 0 Å². The lowest BCUT2D eigenvalue weighted by atomic mass is 10.1. The molecule has 0 saturated heterocycles. The summed E-state index contributed by atoms with van der Waals surface area (Å²) in [6.07, 6.45) is 5.66. The fourth-order valence-corrected chi connectivity index (χ4v) is 3.30. The van der Waals surface area contributed by atoms with Crippen molar-refractivity contribution >= 4 is 38.9 Å². The Kier molecular flexibility index (Phi) is 4.16. The molecule has 2 nitrogen and oxygen atoms in total. The number of para-hydroxylation sites is 2. The van der Waals surface area contributed by atoms with E-state index < -0.39 is 0 Å². The van der Waals surface area contributed by atoms with Crippen LogP contribution in [-0.4, -0.2) is 4.57 Å². The molecule has 1 heterocycles. The van der Waals surface area contributed by atoms with Crippen molar-refractivity contribution in [1.29, 1.82) is 0 Å². The Balaban J connectivity index is 1.88. The van der Waals surface area contributed by atoms with Gasteiger partial charge in [-0.25, -0.2) is 0 Å². The van der Waals surface area contributed by atoms with Gasteiger partial charge in [0, 0.05) is 27.8 Å². The summed E-state index contributed by atoms with van der Waals surface area (Å²) < 4.78 is 2.19. The van der Waals surface area contributed by atoms with Crippen molar-refractivity contribution in [1.82, 2.24) is 4.57 Å². The molecular weight excluding hydrogens is 316 g/mol. The minimum absolute atomic E-state index is 0.917. The first-order valence-corrected chi connectivity index (χ1v) is 8.61. The third-order valence-corrected chi connectivity index (χ3v) is 4.45. The van der Waals surface area contributed by atoms with Crippen LogP contribution < -0.4 is 5.32 Å². The zero-order valence-corrected chi connectivity index (χ0v) is 14.5. The first-order valence-electron chi connectivity index (χ1n) is 8.61. The van der Waals surface area contributed by atoms with Crippen molar-refractivity contribution in [2.45, 2.75) is 0 Å². The molecular formula is C24H20N2. The quantitative estimate of drug-likeness (QED) is 0.399. The number of hydrogen-bond donors (Lipinski definition) is 1. The zero-order chi connectivity index (χ0) is 17.9. The predicted molar refractivity (Wildman–Crippen MR) is 114 cm³/mol. The van der Waals surface area contributed by atoms with Crippen LogP contribution in [0.4, 0.5) is 11.4 Å². The third-order valence-electron chi connectivity index (χ3n) is 4.45. The largest absolute Gasteiger partial charge is 0.356 e. The van der Waals surface area contributed by atoms with E-state index in [-0.39, 0.29) is 0 Å². The van der Waals surface area contributed by atoms with Crippen LogP contribution in [-0.2, 0) is 0 Å². The second-order valence-electron chi connectivity index (χ2n) is 6.16. The number of aromatic nitrogens is 1. The third kappa shape index (κ3) is 2.82. The van der Waals surface area contributed by atoms with E-state index in [9.17, 15) is 0 Å². The number of fused-ring (bicyclic) bond motifs is 3. The lowest BCUT2D eigenvalue weighted by Crippen LogP contribution is -1.93. The number of nitrogens with zero attached hydrogens (tertiary/aromatic N) is 1. The molecule has 0 atom stereocenters. The second-order valence-corrected chi connectivity index (χ2v) is 6.16. The first kappa shape index (κ1) is 16.0. The van der Waals surface area contributed by atoms with Gasteiger partial charge in [-0.2, -0.15) is 0 Å². The van der Waals surface area contributed by atoms with E-state index in [1.54, 1.807) is 6.08 Å². The molecule has 0 amide bonds. The van der Waals surface area contributed by atoms with E-state index in [1.165, 1.54) is 10.8 Å². The van der Waals surface area contributed by atoms with Gasteiger partial charge in [-0.15, -0.1) is 0 Å². The maximum Gasteiger partial charge on any atom is 0.0542 e. The summed E-state index contributed by atoms with van der Waals surface area (Å²) in [5.74, 6) is 0. The molecule has 1 aromatic heterocycles. The summed E-state index contributed by atoms with van der Waals surface area (Å²) in [7, 11) is 0. The average molecular weight is 336 g/mol. The topological polar surface area (TPSA) is 17.0 Å². The van der Waals surface area contributed by atoms with Gasteiger partial charge in [0.1, 0.15) is 0 Å². The predicted octanol–water partition coefficient (Wildman–Crippen LogP) is 6.75. The molecule has 126 valence electrons. The van der Waals surface area contributed by atoms with Crippen LogP contribution in [0.25, 0.3) is 27.5 Å². The Bertz CT molecular complexity index is 1130. The number of hydrogen-bond acceptors (Lipinski definition) is 1. The number of nitrogens with one attached hydrogen (secondary N) is 1. The maximum atomic E-state index is 4.24. The fraction of sp³-hybridized carbons (Fsp3) is 0. The van der Waals surface area contributed by atoms with Crippen LogP contribution in [0.5, 0.6) is 0 Å². The minimum atomic E-state index is 0.917. The van der Waals surface area contributed by atoms with Crippen molar-refractivity contribution < 1.29 is 0 Å². The molecule has 0 unspecified atom stereocenters. The highest BCUT2D eigenvalue weighted by Gasteiger charge is 2.11. The number of allylic oxidation sites excluding steroid dienone is 4. The Hall–Kier alpha value is -3.52. The number of rotatable bonds is 5. The normalized spacial score (nSPS) is 11.2. The Labute approximate surface area is 153 Å². The lowest BCUT2D eigenvalue weighted by Gasteiger charge is -2.09. The molecule has 0 bridgehead atoms. The molecule has 4 aromatic rings. The minimum Gasteiger partial charge on any atom is -0.356 e. The Morgan fingerprint density at radius 3 is 2.35 bits per heavy atom. The molecule has 4 rings (SSSR count). The summed E-state index contributed by atoms with van der Waals surface area (Å²) >= 11 is 0. The van der Waals surface area contributed by atoms with Crippen molar-refractivity contribution in [2.24, 2.45) is 0 Å². The Morgan fingerprint density at radius 1 is 0.808 bits per heavy atom. The summed E-state index contributed by atoms with van der Waals surface area (Å²) in [4.78, 5) is 0. The summed E-state index contributed by atoms with van der Waals surface area (Å²) in [6, 6.07) is 25.1. The van der Waals surface area contributed by atoms with Crippen molar-refractivity contribution in [3.8, 4) is 0 Å². The molecule has 0 aliphatic rings. The maximum absolute atomic E-state index is 4.24. The van der Waals surface area contributed by atoms with Crippen LogP contribution in [0, 0.1) is 0 Å². The Morgan fingerprint density at radius 2 is 1.54 bits per heavy atom. The van der Waals surface area contributed by atoms with E-state index in [0.717, 1.165) is 28.1 Å². The molecule has 1 N–H and O–H groups in total. The van der Waals surface area contributed by atoms with E-state index in [0.29, 0.717) is 0 Å². The van der Waals surface area contributed by atoms with Gasteiger partial charge in [0.05, 0.1) is 11.0 Å². The van der Waals surface area contributed by atoms with Gasteiger partial charge in [-0.05, 0) is 42.5 Å². The summed E-state index contributed by atoms with van der Waals surface area (Å²) in [5.41, 5.74) is 5.36. The highest BCUT2D eigenvalue weighted by atomic mass is 15.0. The van der Waals surface area contributed by atoms with Crippen molar-refractivity contribution in [2.75, 3.05) is 5.32 Å². The van der Waals surface area contributed by atoms with Gasteiger partial charge in [-0.3, -0.25) is 0 Å². The molecule has 0 aliphatic heterocycles. The molecule has 0 aliphatic carbocycles. The van der Waals surface area contributed by atoms with Gasteiger partial charge in [0.2, 0.25) is 0 Å². The van der Waals surface area contributed by atoms with Gasteiger partial charge in [0.15, 0.2) is 0 Å². The number of anilines is 2. The molecule has 2 heteroatoms. The zero-order valence-electron chi connectivity index (χ0n) is 14.5. The van der Waals surface area contributed by atoms with Crippen LogP contribution in [0.3, 0.4) is 0 Å². The lowest BCUT2D eigenvalue weighted by molar-refractivity contribution is 1.24. The van der Waals surface area contributed by atoms with E-state index in [1.807, 2.05) is 30.4 Å². The fourth-order valence-electron chi connectivity index (χ4n) is 3.30. The van der Waals surface area contributed by atoms with Gasteiger partial charge < -0.3 is 9.88 Å². The molecule has 0 radical (unpaired) electrons. The molecule has 0 saturated carbocycles. The molecule has 26 heavy (non-hydrogen) atoms. The van der Waals surface area contributed by atoms with E-state index in [4.69, 9.17) is 0 Å². The van der Waals surface area contributed by atoms with Crippen LogP contribution >= 0.6 is 0 Å². The summed E-state index contributed by atoms with van der Waals surface area (Å²) in [5, 5.41) is 5.89. The van der Waals surface area contributed by atoms with Crippen LogP contribution in [0.15, 0.2) is 104 Å². The highest BCUT2D eigenvalue weighted by Crippen LogP contribution is 2.33.